The van der Waals surface area contributed by atoms with Crippen LogP contribution in [0.3, 0.4) is 0 Å². The number of likely N-dealkylation sites (tertiary alicyclic amines) is 1. The number of nitrogens with one attached hydrogen (secondary N) is 1. The summed E-state index contributed by atoms with van der Waals surface area (Å²) < 4.78 is 0. The van der Waals surface area contributed by atoms with Crippen molar-refractivity contribution in [1.82, 2.24) is 10.2 Å². The standard InChI is InChI=1S/C16H20N2O/c19-15(7-6-14-4-2-1-3-5-14)18-11-9-16(13-18)8-10-17-12-16/h1-7,17H,8-13H2/b7-6+. The van der Waals surface area contributed by atoms with E-state index in [1.54, 1.807) is 6.08 Å². The molecule has 2 saturated heterocycles. The summed E-state index contributed by atoms with van der Waals surface area (Å²) in [4.78, 5) is 14.2. The average Bonchev–Trinajstić information content (AvgIpc) is 3.08. The number of nitrogens with zero attached hydrogens (tertiary/aromatic N) is 1. The predicted molar refractivity (Wildman–Crippen MR) is 76.6 cm³/mol. The number of amides is 1. The molecular formula is C16H20N2O. The molecule has 3 heteroatoms. The lowest BCUT2D eigenvalue weighted by atomic mass is 9.87. The van der Waals surface area contributed by atoms with Crippen LogP contribution in [0.4, 0.5) is 0 Å². The molecular weight excluding hydrogens is 236 g/mol. The number of rotatable bonds is 2. The second-order valence-corrected chi connectivity index (χ2v) is 5.68. The highest BCUT2D eigenvalue weighted by atomic mass is 16.2. The molecule has 100 valence electrons. The van der Waals surface area contributed by atoms with Crippen molar-refractivity contribution in [3.8, 4) is 0 Å². The summed E-state index contributed by atoms with van der Waals surface area (Å²) >= 11 is 0. The molecule has 1 atom stereocenters. The van der Waals surface area contributed by atoms with Gasteiger partial charge >= 0.3 is 0 Å². The van der Waals surface area contributed by atoms with Crippen LogP contribution in [0.2, 0.25) is 0 Å². The first-order valence-electron chi connectivity index (χ1n) is 7.00. The maximum absolute atomic E-state index is 12.2. The van der Waals surface area contributed by atoms with E-state index in [-0.39, 0.29) is 5.91 Å². The van der Waals surface area contributed by atoms with Gasteiger partial charge in [-0.05, 0) is 31.0 Å². The van der Waals surface area contributed by atoms with Gasteiger partial charge in [0.05, 0.1) is 0 Å². The summed E-state index contributed by atoms with van der Waals surface area (Å²) in [6.07, 6.45) is 5.96. The number of hydrogen-bond acceptors (Lipinski definition) is 2. The van der Waals surface area contributed by atoms with Crippen LogP contribution >= 0.6 is 0 Å². The van der Waals surface area contributed by atoms with Crippen molar-refractivity contribution in [1.29, 1.82) is 0 Å². The lowest BCUT2D eigenvalue weighted by Crippen LogP contribution is -2.32. The van der Waals surface area contributed by atoms with E-state index in [0.717, 1.165) is 38.2 Å². The summed E-state index contributed by atoms with van der Waals surface area (Å²) in [7, 11) is 0. The van der Waals surface area contributed by atoms with Crippen molar-refractivity contribution in [2.45, 2.75) is 12.8 Å². The number of carbonyl (C=O) groups excluding carboxylic acids is 1. The molecule has 0 aromatic heterocycles. The largest absolute Gasteiger partial charge is 0.339 e. The molecule has 0 radical (unpaired) electrons. The third-order valence-corrected chi connectivity index (χ3v) is 4.30. The van der Waals surface area contributed by atoms with Gasteiger partial charge in [0.25, 0.3) is 0 Å². The third kappa shape index (κ3) is 2.71. The van der Waals surface area contributed by atoms with E-state index in [4.69, 9.17) is 0 Å². The highest BCUT2D eigenvalue weighted by Gasteiger charge is 2.41. The predicted octanol–water partition coefficient (Wildman–Crippen LogP) is 1.91. The van der Waals surface area contributed by atoms with Gasteiger partial charge in [0.15, 0.2) is 0 Å². The number of carbonyl (C=O) groups is 1. The van der Waals surface area contributed by atoms with Crippen LogP contribution in [-0.4, -0.2) is 37.0 Å². The van der Waals surface area contributed by atoms with Crippen molar-refractivity contribution in [2.75, 3.05) is 26.2 Å². The van der Waals surface area contributed by atoms with Crippen LogP contribution < -0.4 is 5.32 Å². The molecule has 2 heterocycles. The van der Waals surface area contributed by atoms with Crippen LogP contribution in [-0.2, 0) is 4.79 Å². The first-order chi connectivity index (χ1) is 9.27. The Morgan fingerprint density at radius 3 is 2.84 bits per heavy atom. The molecule has 0 aliphatic carbocycles. The maximum Gasteiger partial charge on any atom is 0.246 e. The monoisotopic (exact) mass is 256 g/mol. The van der Waals surface area contributed by atoms with Crippen molar-refractivity contribution in [3.63, 3.8) is 0 Å². The average molecular weight is 256 g/mol. The minimum absolute atomic E-state index is 0.146. The molecule has 1 spiro atoms. The summed E-state index contributed by atoms with van der Waals surface area (Å²) in [5, 5.41) is 3.42. The number of benzene rings is 1. The smallest absolute Gasteiger partial charge is 0.246 e. The van der Waals surface area contributed by atoms with Crippen molar-refractivity contribution in [3.05, 3.63) is 42.0 Å². The molecule has 2 fully saturated rings. The SMILES string of the molecule is O=C(/C=C/c1ccccc1)N1CCC2(CCNC2)C1. The van der Waals surface area contributed by atoms with Gasteiger partial charge < -0.3 is 10.2 Å². The molecule has 0 bridgehead atoms. The molecule has 1 aromatic carbocycles. The fourth-order valence-corrected chi connectivity index (χ4v) is 3.10. The fraction of sp³-hybridized carbons (Fsp3) is 0.438. The van der Waals surface area contributed by atoms with Gasteiger partial charge in [-0.2, -0.15) is 0 Å². The van der Waals surface area contributed by atoms with E-state index in [1.165, 1.54) is 6.42 Å². The van der Waals surface area contributed by atoms with Gasteiger partial charge in [0.1, 0.15) is 0 Å². The molecule has 3 rings (SSSR count). The summed E-state index contributed by atoms with van der Waals surface area (Å²) in [6, 6.07) is 9.97. The van der Waals surface area contributed by atoms with Crippen LogP contribution in [0.1, 0.15) is 18.4 Å². The molecule has 2 aliphatic rings. The maximum atomic E-state index is 12.2. The van der Waals surface area contributed by atoms with Gasteiger partial charge in [-0.15, -0.1) is 0 Å². The zero-order valence-corrected chi connectivity index (χ0v) is 11.1. The zero-order chi connectivity index (χ0) is 13.1. The second-order valence-electron chi connectivity index (χ2n) is 5.68. The van der Waals surface area contributed by atoms with E-state index in [1.807, 2.05) is 41.3 Å². The Kier molecular flexibility index (Phi) is 3.38. The Morgan fingerprint density at radius 2 is 2.11 bits per heavy atom. The van der Waals surface area contributed by atoms with E-state index < -0.39 is 0 Å². The van der Waals surface area contributed by atoms with Crippen molar-refractivity contribution in [2.24, 2.45) is 5.41 Å². The third-order valence-electron chi connectivity index (χ3n) is 4.30. The minimum Gasteiger partial charge on any atom is -0.339 e. The lowest BCUT2D eigenvalue weighted by Gasteiger charge is -2.22. The van der Waals surface area contributed by atoms with Gasteiger partial charge in [0, 0.05) is 31.1 Å². The van der Waals surface area contributed by atoms with Crippen LogP contribution in [0.5, 0.6) is 0 Å². The Hall–Kier alpha value is -1.61. The second kappa shape index (κ2) is 5.17. The highest BCUT2D eigenvalue weighted by Crippen LogP contribution is 2.35. The van der Waals surface area contributed by atoms with Crippen molar-refractivity contribution < 1.29 is 4.79 Å². The first-order valence-corrected chi connectivity index (χ1v) is 7.00. The lowest BCUT2D eigenvalue weighted by molar-refractivity contribution is -0.125. The van der Waals surface area contributed by atoms with E-state index in [9.17, 15) is 4.79 Å². The van der Waals surface area contributed by atoms with Crippen LogP contribution in [0.25, 0.3) is 6.08 Å². The van der Waals surface area contributed by atoms with E-state index in [0.29, 0.717) is 5.41 Å². The molecule has 2 aliphatic heterocycles. The highest BCUT2D eigenvalue weighted by molar-refractivity contribution is 5.92. The Morgan fingerprint density at radius 1 is 1.26 bits per heavy atom. The fourth-order valence-electron chi connectivity index (χ4n) is 3.10. The topological polar surface area (TPSA) is 32.3 Å². The molecule has 1 N–H and O–H groups in total. The molecule has 3 nitrogen and oxygen atoms in total. The van der Waals surface area contributed by atoms with Crippen LogP contribution in [0, 0.1) is 5.41 Å². The molecule has 1 unspecified atom stereocenters. The van der Waals surface area contributed by atoms with E-state index in [2.05, 4.69) is 5.32 Å². The molecule has 19 heavy (non-hydrogen) atoms. The molecule has 1 amide bonds. The normalized spacial score (nSPS) is 26.6. The van der Waals surface area contributed by atoms with Gasteiger partial charge in [-0.3, -0.25) is 4.79 Å². The first kappa shape index (κ1) is 12.4. The summed E-state index contributed by atoms with van der Waals surface area (Å²) in [6.45, 7) is 3.98. The van der Waals surface area contributed by atoms with Gasteiger partial charge in [-0.1, -0.05) is 30.3 Å². The van der Waals surface area contributed by atoms with Crippen LogP contribution in [0.15, 0.2) is 36.4 Å². The summed E-state index contributed by atoms with van der Waals surface area (Å²) in [5.74, 6) is 0.146. The van der Waals surface area contributed by atoms with Gasteiger partial charge in [-0.25, -0.2) is 0 Å². The molecule has 1 aromatic rings. The summed E-state index contributed by atoms with van der Waals surface area (Å²) in [5.41, 5.74) is 1.43. The van der Waals surface area contributed by atoms with Crippen molar-refractivity contribution >= 4 is 12.0 Å². The minimum atomic E-state index is 0.146. The number of hydrogen-bond donors (Lipinski definition) is 1. The Labute approximate surface area is 114 Å². The quantitative estimate of drug-likeness (QED) is 0.820. The van der Waals surface area contributed by atoms with E-state index >= 15 is 0 Å². The Bertz CT molecular complexity index is 475. The van der Waals surface area contributed by atoms with Gasteiger partial charge in [0.2, 0.25) is 5.91 Å². The zero-order valence-electron chi connectivity index (χ0n) is 11.1. The molecule has 0 saturated carbocycles. The Balaban J connectivity index is 1.61.